The number of pyridine rings is 1. The van der Waals surface area contributed by atoms with Crippen LogP contribution < -0.4 is 10.1 Å². The molecule has 0 atom stereocenters. The second kappa shape index (κ2) is 9.15. The molecule has 1 aliphatic rings. The van der Waals surface area contributed by atoms with Gasteiger partial charge in [0.25, 0.3) is 5.91 Å². The van der Waals surface area contributed by atoms with E-state index in [1.807, 2.05) is 35.5 Å². The third-order valence-corrected chi connectivity index (χ3v) is 5.23. The first-order valence-electron chi connectivity index (χ1n) is 9.97. The summed E-state index contributed by atoms with van der Waals surface area (Å²) >= 11 is 0. The Morgan fingerprint density at radius 2 is 2.07 bits per heavy atom. The van der Waals surface area contributed by atoms with Crippen molar-refractivity contribution in [1.82, 2.24) is 14.9 Å². The van der Waals surface area contributed by atoms with Crippen LogP contribution in [0.1, 0.15) is 10.4 Å². The second-order valence-corrected chi connectivity index (χ2v) is 7.03. The van der Waals surface area contributed by atoms with Gasteiger partial charge in [0.2, 0.25) is 0 Å². The number of nitrogens with zero attached hydrogens (tertiary/aromatic N) is 2. The summed E-state index contributed by atoms with van der Waals surface area (Å²) in [4.78, 5) is 22.4. The number of amides is 1. The SMILES string of the molecule is COCCNc1c(-c2ccc(C(=O)N3CCOCC3)cc2OC)cnc2[nH]ccc12. The van der Waals surface area contributed by atoms with Crippen molar-refractivity contribution in [2.45, 2.75) is 0 Å². The van der Waals surface area contributed by atoms with Gasteiger partial charge in [0.1, 0.15) is 11.4 Å². The predicted octanol–water partition coefficient (Wildman–Crippen LogP) is 2.77. The van der Waals surface area contributed by atoms with Crippen LogP contribution in [0.2, 0.25) is 0 Å². The van der Waals surface area contributed by atoms with Gasteiger partial charge in [0, 0.05) is 61.2 Å². The summed E-state index contributed by atoms with van der Waals surface area (Å²) < 4.78 is 16.2. The lowest BCUT2D eigenvalue weighted by molar-refractivity contribution is 0.0302. The second-order valence-electron chi connectivity index (χ2n) is 7.03. The van der Waals surface area contributed by atoms with Crippen molar-refractivity contribution in [2.75, 3.05) is 59.0 Å². The van der Waals surface area contributed by atoms with E-state index in [4.69, 9.17) is 14.2 Å². The lowest BCUT2D eigenvalue weighted by atomic mass is 10.0. The van der Waals surface area contributed by atoms with E-state index in [1.165, 1.54) is 0 Å². The first-order valence-corrected chi connectivity index (χ1v) is 9.97. The highest BCUT2D eigenvalue weighted by Crippen LogP contribution is 2.38. The molecule has 0 aliphatic carbocycles. The van der Waals surface area contributed by atoms with Crippen LogP contribution in [-0.4, -0.2) is 74.4 Å². The Morgan fingerprint density at radius 1 is 1.23 bits per heavy atom. The van der Waals surface area contributed by atoms with Crippen molar-refractivity contribution in [3.63, 3.8) is 0 Å². The van der Waals surface area contributed by atoms with Gasteiger partial charge in [-0.3, -0.25) is 4.79 Å². The number of carbonyl (C=O) groups excluding carboxylic acids is 1. The Labute approximate surface area is 175 Å². The normalized spacial score (nSPS) is 14.1. The summed E-state index contributed by atoms with van der Waals surface area (Å²) in [5, 5.41) is 4.44. The standard InChI is InChI=1S/C22H26N4O4/c1-28-10-7-23-20-17-5-6-24-21(17)25-14-18(20)16-4-3-15(13-19(16)29-2)22(27)26-8-11-30-12-9-26/h3-6,13-14H,7-12H2,1-2H3,(H2,23,24,25). The molecule has 2 N–H and O–H groups in total. The summed E-state index contributed by atoms with van der Waals surface area (Å²) in [7, 11) is 3.29. The topological polar surface area (TPSA) is 88.7 Å². The number of nitrogens with one attached hydrogen (secondary N) is 2. The van der Waals surface area contributed by atoms with E-state index in [1.54, 1.807) is 20.3 Å². The van der Waals surface area contributed by atoms with Crippen molar-refractivity contribution in [2.24, 2.45) is 0 Å². The van der Waals surface area contributed by atoms with Crippen molar-refractivity contribution in [3.8, 4) is 16.9 Å². The highest BCUT2D eigenvalue weighted by molar-refractivity contribution is 6.00. The maximum absolute atomic E-state index is 12.9. The molecule has 1 fully saturated rings. The number of anilines is 1. The summed E-state index contributed by atoms with van der Waals surface area (Å²) in [5.41, 5.74) is 4.12. The Morgan fingerprint density at radius 3 is 2.83 bits per heavy atom. The van der Waals surface area contributed by atoms with E-state index >= 15 is 0 Å². The lowest BCUT2D eigenvalue weighted by Crippen LogP contribution is -2.40. The molecule has 1 amide bonds. The Balaban J connectivity index is 1.72. The van der Waals surface area contributed by atoms with Crippen LogP contribution >= 0.6 is 0 Å². The smallest absolute Gasteiger partial charge is 0.254 e. The molecular weight excluding hydrogens is 384 g/mol. The van der Waals surface area contributed by atoms with Crippen LogP contribution in [0.5, 0.6) is 5.75 Å². The van der Waals surface area contributed by atoms with Gasteiger partial charge in [-0.1, -0.05) is 0 Å². The molecule has 2 aromatic heterocycles. The first-order chi connectivity index (χ1) is 14.7. The minimum absolute atomic E-state index is 0.0131. The van der Waals surface area contributed by atoms with E-state index in [0.29, 0.717) is 50.8 Å². The summed E-state index contributed by atoms with van der Waals surface area (Å²) in [5.74, 6) is 0.612. The van der Waals surface area contributed by atoms with Crippen LogP contribution in [0, 0.1) is 0 Å². The number of hydrogen-bond donors (Lipinski definition) is 2. The highest BCUT2D eigenvalue weighted by Gasteiger charge is 2.21. The minimum atomic E-state index is -0.0131. The molecule has 0 saturated carbocycles. The van der Waals surface area contributed by atoms with E-state index in [0.717, 1.165) is 27.8 Å². The molecule has 0 spiro atoms. The summed E-state index contributed by atoms with van der Waals surface area (Å²) in [6, 6.07) is 7.55. The number of fused-ring (bicyclic) bond motifs is 1. The number of morpholine rings is 1. The molecule has 0 radical (unpaired) electrons. The van der Waals surface area contributed by atoms with Crippen LogP contribution in [-0.2, 0) is 9.47 Å². The monoisotopic (exact) mass is 410 g/mol. The number of H-pyrrole nitrogens is 1. The molecule has 158 valence electrons. The fraction of sp³-hybridized carbons (Fsp3) is 0.364. The van der Waals surface area contributed by atoms with Crippen molar-refractivity contribution < 1.29 is 19.0 Å². The zero-order valence-corrected chi connectivity index (χ0v) is 17.2. The molecule has 1 saturated heterocycles. The van der Waals surface area contributed by atoms with Crippen LogP contribution in [0.3, 0.4) is 0 Å². The molecule has 1 aromatic carbocycles. The average Bonchev–Trinajstić information content (AvgIpc) is 3.28. The molecule has 3 aromatic rings. The number of aromatic nitrogens is 2. The van der Waals surface area contributed by atoms with Gasteiger partial charge in [-0.15, -0.1) is 0 Å². The molecule has 8 nitrogen and oxygen atoms in total. The third kappa shape index (κ3) is 3.96. The first kappa shape index (κ1) is 20.2. The summed E-state index contributed by atoms with van der Waals surface area (Å²) in [6.45, 7) is 3.58. The van der Waals surface area contributed by atoms with Crippen LogP contribution in [0.15, 0.2) is 36.7 Å². The Bertz CT molecular complexity index is 1030. The maximum Gasteiger partial charge on any atom is 0.254 e. The van der Waals surface area contributed by atoms with Gasteiger partial charge in [-0.2, -0.15) is 0 Å². The van der Waals surface area contributed by atoms with Gasteiger partial charge >= 0.3 is 0 Å². The molecule has 0 unspecified atom stereocenters. The zero-order valence-electron chi connectivity index (χ0n) is 17.2. The van der Waals surface area contributed by atoms with Gasteiger partial charge in [-0.25, -0.2) is 4.98 Å². The number of methoxy groups -OCH3 is 2. The van der Waals surface area contributed by atoms with Crippen LogP contribution in [0.25, 0.3) is 22.2 Å². The van der Waals surface area contributed by atoms with Crippen molar-refractivity contribution in [3.05, 3.63) is 42.2 Å². The zero-order chi connectivity index (χ0) is 20.9. The Hall–Kier alpha value is -3.10. The number of carbonyl (C=O) groups is 1. The average molecular weight is 410 g/mol. The van der Waals surface area contributed by atoms with Crippen molar-refractivity contribution in [1.29, 1.82) is 0 Å². The van der Waals surface area contributed by atoms with Gasteiger partial charge in [-0.05, 0) is 24.3 Å². The Kier molecular flexibility index (Phi) is 6.15. The number of rotatable bonds is 7. The maximum atomic E-state index is 12.9. The van der Waals surface area contributed by atoms with E-state index in [9.17, 15) is 4.79 Å². The molecule has 4 rings (SSSR count). The largest absolute Gasteiger partial charge is 0.496 e. The molecular formula is C22H26N4O4. The molecule has 8 heteroatoms. The van der Waals surface area contributed by atoms with Crippen molar-refractivity contribution >= 4 is 22.6 Å². The number of ether oxygens (including phenoxy) is 3. The quantitative estimate of drug-likeness (QED) is 0.583. The van der Waals surface area contributed by atoms with Crippen LogP contribution in [0.4, 0.5) is 5.69 Å². The van der Waals surface area contributed by atoms with E-state index in [-0.39, 0.29) is 5.91 Å². The fourth-order valence-electron chi connectivity index (χ4n) is 3.68. The number of benzene rings is 1. The van der Waals surface area contributed by atoms with Gasteiger partial charge in [0.05, 0.1) is 32.6 Å². The third-order valence-electron chi connectivity index (χ3n) is 5.23. The molecule has 3 heterocycles. The van der Waals surface area contributed by atoms with Gasteiger partial charge in [0.15, 0.2) is 0 Å². The molecule has 0 bridgehead atoms. The highest BCUT2D eigenvalue weighted by atomic mass is 16.5. The molecule has 1 aliphatic heterocycles. The van der Waals surface area contributed by atoms with Gasteiger partial charge < -0.3 is 29.4 Å². The predicted molar refractivity (Wildman–Crippen MR) is 115 cm³/mol. The van der Waals surface area contributed by atoms with E-state index in [2.05, 4.69) is 15.3 Å². The molecule has 30 heavy (non-hydrogen) atoms. The number of hydrogen-bond acceptors (Lipinski definition) is 6. The summed E-state index contributed by atoms with van der Waals surface area (Å²) in [6.07, 6.45) is 3.68. The van der Waals surface area contributed by atoms with E-state index < -0.39 is 0 Å². The number of aromatic amines is 1. The fourth-order valence-corrected chi connectivity index (χ4v) is 3.68. The lowest BCUT2D eigenvalue weighted by Gasteiger charge is -2.27. The minimum Gasteiger partial charge on any atom is -0.496 e.